The molecule has 3 rings (SSSR count). The number of amides is 1. The Kier molecular flexibility index (Phi) is 3.55. The molecular formula is C15H15N3O2S. The van der Waals surface area contributed by atoms with Crippen LogP contribution in [0.3, 0.4) is 0 Å². The third-order valence-electron chi connectivity index (χ3n) is 3.69. The minimum Gasteiger partial charge on any atom is -0.310 e. The maximum Gasteiger partial charge on any atom is 0.257 e. The van der Waals surface area contributed by atoms with Crippen molar-refractivity contribution >= 4 is 23.5 Å². The third kappa shape index (κ3) is 2.47. The fourth-order valence-corrected chi connectivity index (χ4v) is 3.07. The van der Waals surface area contributed by atoms with Crippen LogP contribution in [-0.4, -0.2) is 22.1 Å². The van der Waals surface area contributed by atoms with Crippen molar-refractivity contribution in [3.63, 3.8) is 0 Å². The number of aromatic nitrogens is 2. The van der Waals surface area contributed by atoms with E-state index in [1.54, 1.807) is 0 Å². The molecule has 1 aliphatic rings. The first-order chi connectivity index (χ1) is 10.1. The smallest absolute Gasteiger partial charge is 0.257 e. The van der Waals surface area contributed by atoms with E-state index in [-0.39, 0.29) is 23.8 Å². The molecule has 1 atom stereocenters. The summed E-state index contributed by atoms with van der Waals surface area (Å²) in [6, 6.07) is 7.82. The van der Waals surface area contributed by atoms with Gasteiger partial charge in [0.05, 0.1) is 5.56 Å². The fourth-order valence-electron chi connectivity index (χ4n) is 2.69. The quantitative estimate of drug-likeness (QED) is 0.659. The molecule has 1 amide bonds. The van der Waals surface area contributed by atoms with Gasteiger partial charge in [-0.25, -0.2) is 4.98 Å². The number of benzene rings is 1. The van der Waals surface area contributed by atoms with E-state index >= 15 is 0 Å². The second-order valence-corrected chi connectivity index (χ2v) is 5.79. The van der Waals surface area contributed by atoms with Crippen LogP contribution in [0, 0.1) is 6.92 Å². The van der Waals surface area contributed by atoms with E-state index in [1.807, 2.05) is 37.4 Å². The van der Waals surface area contributed by atoms with E-state index in [0.29, 0.717) is 16.5 Å². The number of fused-ring (bicyclic) bond motifs is 1. The summed E-state index contributed by atoms with van der Waals surface area (Å²) in [7, 11) is 0. The lowest BCUT2D eigenvalue weighted by atomic mass is 9.84. The van der Waals surface area contributed by atoms with Crippen molar-refractivity contribution in [3.05, 3.63) is 51.3 Å². The molecule has 0 saturated carbocycles. The Labute approximate surface area is 126 Å². The van der Waals surface area contributed by atoms with Gasteiger partial charge in [-0.15, -0.1) is 0 Å². The van der Waals surface area contributed by atoms with Crippen molar-refractivity contribution in [1.82, 2.24) is 9.97 Å². The molecule has 1 aliphatic heterocycles. The van der Waals surface area contributed by atoms with Gasteiger partial charge in [-0.05, 0) is 24.3 Å². The Morgan fingerprint density at radius 2 is 2.05 bits per heavy atom. The highest BCUT2D eigenvalue weighted by molar-refractivity contribution is 7.98. The van der Waals surface area contributed by atoms with Crippen LogP contribution in [0.15, 0.2) is 34.2 Å². The van der Waals surface area contributed by atoms with Gasteiger partial charge >= 0.3 is 0 Å². The summed E-state index contributed by atoms with van der Waals surface area (Å²) in [5.41, 5.74) is 2.42. The standard InChI is InChI=1S/C15H15N3O2S/c1-8-5-3-4-6-9(8)10-7-11(19)16-13-12(10)14(20)18-15(17-13)21-2/h3-6,10H,7H2,1-2H3,(H2,16,17,18,19,20). The van der Waals surface area contributed by atoms with E-state index in [0.717, 1.165) is 11.1 Å². The highest BCUT2D eigenvalue weighted by atomic mass is 32.2. The highest BCUT2D eigenvalue weighted by Gasteiger charge is 2.31. The Morgan fingerprint density at radius 3 is 2.76 bits per heavy atom. The van der Waals surface area contributed by atoms with Crippen LogP contribution in [-0.2, 0) is 4.79 Å². The predicted octanol–water partition coefficient (Wildman–Crippen LogP) is 2.27. The number of carbonyl (C=O) groups excluding carboxylic acids is 1. The molecular weight excluding hydrogens is 286 g/mol. The molecule has 0 radical (unpaired) electrons. The summed E-state index contributed by atoms with van der Waals surface area (Å²) in [6.07, 6.45) is 2.09. The number of anilines is 1. The molecule has 2 N–H and O–H groups in total. The lowest BCUT2D eigenvalue weighted by Gasteiger charge is -2.25. The van der Waals surface area contributed by atoms with Crippen molar-refractivity contribution in [2.45, 2.75) is 24.4 Å². The largest absolute Gasteiger partial charge is 0.310 e. The zero-order valence-corrected chi connectivity index (χ0v) is 12.6. The SMILES string of the molecule is CSc1nc2c(c(=O)[nH]1)C(c1ccccc1C)CC(=O)N2. The highest BCUT2D eigenvalue weighted by Crippen LogP contribution is 2.35. The zero-order valence-electron chi connectivity index (χ0n) is 11.8. The van der Waals surface area contributed by atoms with Gasteiger partial charge in [-0.2, -0.15) is 0 Å². The maximum absolute atomic E-state index is 12.4. The Hall–Kier alpha value is -2.08. The van der Waals surface area contributed by atoms with Gasteiger partial charge in [0, 0.05) is 12.3 Å². The summed E-state index contributed by atoms with van der Waals surface area (Å²) in [4.78, 5) is 31.4. The van der Waals surface area contributed by atoms with Crippen molar-refractivity contribution in [2.75, 3.05) is 11.6 Å². The predicted molar refractivity (Wildman–Crippen MR) is 82.9 cm³/mol. The Morgan fingerprint density at radius 1 is 1.29 bits per heavy atom. The number of thioether (sulfide) groups is 1. The molecule has 21 heavy (non-hydrogen) atoms. The van der Waals surface area contributed by atoms with E-state index in [9.17, 15) is 9.59 Å². The van der Waals surface area contributed by atoms with Crippen molar-refractivity contribution in [2.24, 2.45) is 0 Å². The molecule has 108 valence electrons. The first-order valence-electron chi connectivity index (χ1n) is 6.63. The van der Waals surface area contributed by atoms with Crippen LogP contribution >= 0.6 is 11.8 Å². The van der Waals surface area contributed by atoms with Crippen LogP contribution in [0.1, 0.15) is 29.0 Å². The first-order valence-corrected chi connectivity index (χ1v) is 7.86. The number of nitrogens with one attached hydrogen (secondary N) is 2. The van der Waals surface area contributed by atoms with Crippen molar-refractivity contribution < 1.29 is 4.79 Å². The molecule has 1 unspecified atom stereocenters. The monoisotopic (exact) mass is 301 g/mol. The Bertz CT molecular complexity index is 770. The van der Waals surface area contributed by atoms with Crippen molar-refractivity contribution in [1.29, 1.82) is 0 Å². The molecule has 1 aromatic heterocycles. The second kappa shape index (κ2) is 5.37. The maximum atomic E-state index is 12.4. The average molecular weight is 301 g/mol. The summed E-state index contributed by atoms with van der Waals surface area (Å²) in [5, 5.41) is 3.22. The number of carbonyl (C=O) groups is 1. The molecule has 0 fully saturated rings. The van der Waals surface area contributed by atoms with Crippen LogP contribution < -0.4 is 10.9 Å². The van der Waals surface area contributed by atoms with Gasteiger partial charge < -0.3 is 10.3 Å². The summed E-state index contributed by atoms with van der Waals surface area (Å²) < 4.78 is 0. The summed E-state index contributed by atoms with van der Waals surface area (Å²) in [6.45, 7) is 1.99. The van der Waals surface area contributed by atoms with Gasteiger partial charge in [-0.1, -0.05) is 36.0 Å². The van der Waals surface area contributed by atoms with Gasteiger partial charge in [0.1, 0.15) is 5.82 Å². The molecule has 0 bridgehead atoms. The molecule has 0 spiro atoms. The van der Waals surface area contributed by atoms with Crippen LogP contribution in [0.5, 0.6) is 0 Å². The van der Waals surface area contributed by atoms with Gasteiger partial charge in [0.15, 0.2) is 5.16 Å². The molecule has 6 heteroatoms. The fraction of sp³-hybridized carbons (Fsp3) is 0.267. The molecule has 1 aromatic carbocycles. The molecule has 0 saturated heterocycles. The van der Waals surface area contributed by atoms with Gasteiger partial charge in [-0.3, -0.25) is 9.59 Å². The molecule has 5 nitrogen and oxygen atoms in total. The number of rotatable bonds is 2. The lowest BCUT2D eigenvalue weighted by Crippen LogP contribution is -2.31. The van der Waals surface area contributed by atoms with Gasteiger partial charge in [0.2, 0.25) is 5.91 Å². The lowest BCUT2D eigenvalue weighted by molar-refractivity contribution is -0.116. The molecule has 0 aliphatic carbocycles. The van der Waals surface area contributed by atoms with Crippen molar-refractivity contribution in [3.8, 4) is 0 Å². The Balaban J connectivity index is 2.21. The van der Waals surface area contributed by atoms with Crippen LogP contribution in [0.4, 0.5) is 5.82 Å². The van der Waals surface area contributed by atoms with E-state index in [1.165, 1.54) is 11.8 Å². The average Bonchev–Trinajstić information content (AvgIpc) is 2.46. The minimum absolute atomic E-state index is 0.110. The number of hydrogen-bond donors (Lipinski definition) is 2. The van der Waals surface area contributed by atoms with Crippen LogP contribution in [0.25, 0.3) is 0 Å². The zero-order chi connectivity index (χ0) is 15.0. The number of H-pyrrole nitrogens is 1. The summed E-state index contributed by atoms with van der Waals surface area (Å²) >= 11 is 1.34. The number of aryl methyl sites for hydroxylation is 1. The van der Waals surface area contributed by atoms with Crippen LogP contribution in [0.2, 0.25) is 0 Å². The number of aromatic amines is 1. The molecule has 2 heterocycles. The normalized spacial score (nSPS) is 17.2. The van der Waals surface area contributed by atoms with E-state index < -0.39 is 0 Å². The van der Waals surface area contributed by atoms with E-state index in [2.05, 4.69) is 15.3 Å². The first kappa shape index (κ1) is 13.9. The second-order valence-electron chi connectivity index (χ2n) is 5.00. The molecule has 2 aromatic rings. The minimum atomic E-state index is -0.248. The number of nitrogens with zero attached hydrogens (tertiary/aromatic N) is 1. The summed E-state index contributed by atoms with van der Waals surface area (Å²) in [5.74, 6) is 0.0237. The third-order valence-corrected chi connectivity index (χ3v) is 4.27. The van der Waals surface area contributed by atoms with Gasteiger partial charge in [0.25, 0.3) is 5.56 Å². The van der Waals surface area contributed by atoms with E-state index in [4.69, 9.17) is 0 Å². The topological polar surface area (TPSA) is 74.8 Å². The number of hydrogen-bond acceptors (Lipinski definition) is 4.